The van der Waals surface area contributed by atoms with Gasteiger partial charge in [-0.05, 0) is 36.7 Å². The summed E-state index contributed by atoms with van der Waals surface area (Å²) in [5, 5.41) is 0. The highest BCUT2D eigenvalue weighted by Gasteiger charge is 2.40. The molecular formula is C12H12N2OS. The van der Waals surface area contributed by atoms with E-state index in [4.69, 9.17) is 0 Å². The summed E-state index contributed by atoms with van der Waals surface area (Å²) in [5.41, 5.74) is 2.52. The first-order valence-corrected chi connectivity index (χ1v) is 6.55. The Balaban J connectivity index is 2.16. The highest BCUT2D eigenvalue weighted by molar-refractivity contribution is 7.19. The van der Waals surface area contributed by atoms with Crippen molar-refractivity contribution in [3.63, 3.8) is 0 Å². The van der Waals surface area contributed by atoms with Crippen LogP contribution in [0.25, 0.3) is 10.2 Å². The molecule has 0 radical (unpaired) electrons. The van der Waals surface area contributed by atoms with E-state index in [-0.39, 0.29) is 5.56 Å². The van der Waals surface area contributed by atoms with E-state index in [1.165, 1.54) is 29.7 Å². The van der Waals surface area contributed by atoms with Gasteiger partial charge in [0.05, 0.1) is 11.8 Å². The fraction of sp³-hybridized carbons (Fsp3) is 0.500. The monoisotopic (exact) mass is 232 g/mol. The number of hydrogen-bond acceptors (Lipinski definition) is 3. The third kappa shape index (κ3) is 0.895. The number of fused-ring (bicyclic) bond motifs is 7. The van der Waals surface area contributed by atoms with Gasteiger partial charge in [0.15, 0.2) is 0 Å². The summed E-state index contributed by atoms with van der Waals surface area (Å²) in [4.78, 5) is 17.9. The SMILES string of the molecule is Cn1cnc2c3c(sc2c1=O)C1CCC3C1. The number of nitrogens with zero attached hydrogens (tertiary/aromatic N) is 2. The van der Waals surface area contributed by atoms with Crippen molar-refractivity contribution in [3.8, 4) is 0 Å². The summed E-state index contributed by atoms with van der Waals surface area (Å²) in [6, 6.07) is 0. The molecule has 0 N–H and O–H groups in total. The van der Waals surface area contributed by atoms with E-state index in [0.717, 1.165) is 16.1 Å². The first-order chi connectivity index (χ1) is 7.75. The molecular weight excluding hydrogens is 220 g/mol. The first-order valence-electron chi connectivity index (χ1n) is 5.73. The third-order valence-corrected chi connectivity index (χ3v) is 5.38. The minimum Gasteiger partial charge on any atom is -0.301 e. The van der Waals surface area contributed by atoms with Crippen molar-refractivity contribution in [1.29, 1.82) is 0 Å². The molecule has 0 amide bonds. The van der Waals surface area contributed by atoms with Crippen LogP contribution in [0.2, 0.25) is 0 Å². The van der Waals surface area contributed by atoms with E-state index in [2.05, 4.69) is 4.98 Å². The molecule has 2 aliphatic carbocycles. The van der Waals surface area contributed by atoms with Gasteiger partial charge in [-0.2, -0.15) is 0 Å². The van der Waals surface area contributed by atoms with E-state index in [1.54, 1.807) is 29.3 Å². The van der Waals surface area contributed by atoms with Crippen LogP contribution in [0, 0.1) is 0 Å². The van der Waals surface area contributed by atoms with E-state index < -0.39 is 0 Å². The van der Waals surface area contributed by atoms with Crippen LogP contribution >= 0.6 is 11.3 Å². The van der Waals surface area contributed by atoms with Gasteiger partial charge in [-0.15, -0.1) is 11.3 Å². The third-order valence-electron chi connectivity index (χ3n) is 4.03. The smallest absolute Gasteiger partial charge is 0.271 e. The second-order valence-corrected chi connectivity index (χ2v) is 5.98. The first kappa shape index (κ1) is 8.93. The normalized spacial score (nSPS) is 26.6. The zero-order valence-electron chi connectivity index (χ0n) is 9.06. The van der Waals surface area contributed by atoms with Gasteiger partial charge in [0, 0.05) is 11.9 Å². The standard InChI is InChI=1S/C12H12N2OS/c1-14-5-13-9-8-6-2-3-7(4-6)10(8)16-11(9)12(14)15/h5-7H,2-4H2,1H3. The number of hydrogen-bond donors (Lipinski definition) is 0. The maximum Gasteiger partial charge on any atom is 0.271 e. The Morgan fingerprint density at radius 2 is 2.25 bits per heavy atom. The molecule has 3 nitrogen and oxygen atoms in total. The summed E-state index contributed by atoms with van der Waals surface area (Å²) in [6.45, 7) is 0. The molecule has 2 heterocycles. The fourth-order valence-electron chi connectivity index (χ4n) is 3.26. The summed E-state index contributed by atoms with van der Waals surface area (Å²) in [5.74, 6) is 1.41. The van der Waals surface area contributed by atoms with Crippen LogP contribution in [-0.2, 0) is 7.05 Å². The maximum absolute atomic E-state index is 12.0. The molecule has 2 aromatic rings. The molecule has 0 aliphatic heterocycles. The molecule has 2 aliphatic rings. The lowest BCUT2D eigenvalue weighted by Gasteiger charge is -2.08. The van der Waals surface area contributed by atoms with Gasteiger partial charge in [0.1, 0.15) is 4.70 Å². The van der Waals surface area contributed by atoms with Crippen molar-refractivity contribution in [2.75, 3.05) is 0 Å². The zero-order chi connectivity index (χ0) is 10.9. The Hall–Kier alpha value is -1.16. The molecule has 1 saturated carbocycles. The number of aryl methyl sites for hydroxylation is 1. The Bertz CT molecular complexity index is 655. The van der Waals surface area contributed by atoms with Crippen molar-refractivity contribution in [2.45, 2.75) is 31.1 Å². The Morgan fingerprint density at radius 3 is 3.12 bits per heavy atom. The lowest BCUT2D eigenvalue weighted by molar-refractivity contribution is 0.730. The summed E-state index contributed by atoms with van der Waals surface area (Å²) in [6.07, 6.45) is 5.56. The minimum absolute atomic E-state index is 0.115. The number of rotatable bonds is 0. The Labute approximate surface area is 96.7 Å². The average Bonchev–Trinajstić information content (AvgIpc) is 2.93. The van der Waals surface area contributed by atoms with E-state index >= 15 is 0 Å². The molecule has 82 valence electrons. The van der Waals surface area contributed by atoms with Gasteiger partial charge in [0.2, 0.25) is 0 Å². The van der Waals surface area contributed by atoms with Crippen LogP contribution < -0.4 is 5.56 Å². The van der Waals surface area contributed by atoms with Gasteiger partial charge >= 0.3 is 0 Å². The molecule has 2 atom stereocenters. The van der Waals surface area contributed by atoms with Crippen LogP contribution in [0.3, 0.4) is 0 Å². The number of thiophene rings is 1. The molecule has 0 saturated heterocycles. The predicted molar refractivity (Wildman–Crippen MR) is 64.2 cm³/mol. The molecule has 4 rings (SSSR count). The fourth-order valence-corrected chi connectivity index (χ4v) is 4.73. The zero-order valence-corrected chi connectivity index (χ0v) is 9.88. The van der Waals surface area contributed by atoms with Crippen LogP contribution in [-0.4, -0.2) is 9.55 Å². The van der Waals surface area contributed by atoms with Crippen LogP contribution in [0.15, 0.2) is 11.1 Å². The van der Waals surface area contributed by atoms with E-state index in [1.807, 2.05) is 0 Å². The highest BCUT2D eigenvalue weighted by atomic mass is 32.1. The van der Waals surface area contributed by atoms with Crippen molar-refractivity contribution in [2.24, 2.45) is 7.05 Å². The van der Waals surface area contributed by atoms with E-state index in [9.17, 15) is 4.79 Å². The van der Waals surface area contributed by atoms with Gasteiger partial charge in [-0.1, -0.05) is 0 Å². The maximum atomic E-state index is 12.0. The lowest BCUT2D eigenvalue weighted by Crippen LogP contribution is -2.15. The molecule has 4 heteroatoms. The molecule has 2 unspecified atom stereocenters. The molecule has 0 spiro atoms. The van der Waals surface area contributed by atoms with Gasteiger partial charge in [-0.25, -0.2) is 4.98 Å². The Morgan fingerprint density at radius 1 is 1.44 bits per heavy atom. The summed E-state index contributed by atoms with van der Waals surface area (Å²) >= 11 is 1.69. The van der Waals surface area contributed by atoms with E-state index in [0.29, 0.717) is 5.92 Å². The summed E-state index contributed by atoms with van der Waals surface area (Å²) < 4.78 is 2.45. The minimum atomic E-state index is 0.115. The molecule has 2 bridgehead atoms. The molecule has 1 fully saturated rings. The number of aromatic nitrogens is 2. The van der Waals surface area contributed by atoms with Crippen LogP contribution in [0.5, 0.6) is 0 Å². The largest absolute Gasteiger partial charge is 0.301 e. The predicted octanol–water partition coefficient (Wildman–Crippen LogP) is 2.36. The van der Waals surface area contributed by atoms with Crippen molar-refractivity contribution in [1.82, 2.24) is 9.55 Å². The molecule has 2 aromatic heterocycles. The molecule has 16 heavy (non-hydrogen) atoms. The van der Waals surface area contributed by atoms with Gasteiger partial charge in [-0.3, -0.25) is 4.79 Å². The second-order valence-electron chi connectivity index (χ2n) is 4.93. The highest BCUT2D eigenvalue weighted by Crippen LogP contribution is 2.57. The van der Waals surface area contributed by atoms with Crippen molar-refractivity contribution >= 4 is 21.6 Å². The lowest BCUT2D eigenvalue weighted by atomic mass is 9.98. The quantitative estimate of drug-likeness (QED) is 0.699. The topological polar surface area (TPSA) is 34.9 Å². The van der Waals surface area contributed by atoms with Crippen molar-refractivity contribution < 1.29 is 0 Å². The van der Waals surface area contributed by atoms with Gasteiger partial charge in [0.25, 0.3) is 5.56 Å². The van der Waals surface area contributed by atoms with Crippen molar-refractivity contribution in [3.05, 3.63) is 27.1 Å². The second kappa shape index (κ2) is 2.74. The van der Waals surface area contributed by atoms with Crippen LogP contribution in [0.1, 0.15) is 41.5 Å². The average molecular weight is 232 g/mol. The Kier molecular flexibility index (Phi) is 1.53. The summed E-state index contributed by atoms with van der Waals surface area (Å²) in [7, 11) is 1.77. The van der Waals surface area contributed by atoms with Gasteiger partial charge < -0.3 is 4.57 Å². The molecule has 0 aromatic carbocycles. The van der Waals surface area contributed by atoms with Crippen LogP contribution in [0.4, 0.5) is 0 Å².